The highest BCUT2D eigenvalue weighted by Crippen LogP contribution is 2.67. The zero-order chi connectivity index (χ0) is 21.3. The van der Waals surface area contributed by atoms with Gasteiger partial charge in [-0.1, -0.05) is 56.7 Å². The molecule has 4 aliphatic rings. The second-order valence-electron chi connectivity index (χ2n) is 11.5. The van der Waals surface area contributed by atoms with Crippen LogP contribution in [0.2, 0.25) is 0 Å². The van der Waals surface area contributed by atoms with E-state index in [9.17, 15) is 4.79 Å². The monoisotopic (exact) mass is 405 g/mol. The van der Waals surface area contributed by atoms with E-state index in [0.717, 1.165) is 30.6 Å². The Kier molecular flexibility index (Phi) is 4.73. The van der Waals surface area contributed by atoms with E-state index in [-0.39, 0.29) is 0 Å². The van der Waals surface area contributed by atoms with Crippen LogP contribution in [0.15, 0.2) is 35.9 Å². The van der Waals surface area contributed by atoms with Crippen molar-refractivity contribution >= 4 is 11.5 Å². The number of rotatable bonds is 1. The topological polar surface area (TPSA) is 20.3 Å². The molecule has 0 aromatic heterocycles. The van der Waals surface area contributed by atoms with Gasteiger partial charge in [-0.2, -0.15) is 0 Å². The predicted molar refractivity (Wildman–Crippen MR) is 124 cm³/mol. The molecule has 2 nitrogen and oxygen atoms in total. The lowest BCUT2D eigenvalue weighted by Crippen LogP contribution is -2.61. The van der Waals surface area contributed by atoms with Crippen LogP contribution in [0, 0.1) is 34.5 Å². The minimum atomic E-state index is 0.317. The second kappa shape index (κ2) is 6.97. The lowest BCUT2D eigenvalue weighted by molar-refractivity contribution is -0.156. The Morgan fingerprint density at radius 1 is 1.03 bits per heavy atom. The third-order valence-corrected chi connectivity index (χ3v) is 10.3. The summed E-state index contributed by atoms with van der Waals surface area (Å²) in [5.74, 6) is 3.47. The number of nitrogens with zero attached hydrogens (tertiary/aromatic N) is 1. The number of carbonyl (C=O) groups excluding carboxylic acids is 1. The van der Waals surface area contributed by atoms with Crippen LogP contribution in [0.5, 0.6) is 0 Å². The van der Waals surface area contributed by atoms with Crippen molar-refractivity contribution in [3.63, 3.8) is 0 Å². The Morgan fingerprint density at radius 3 is 2.50 bits per heavy atom. The van der Waals surface area contributed by atoms with Crippen molar-refractivity contribution in [3.8, 4) is 0 Å². The molecular formula is C28H39NO. The van der Waals surface area contributed by atoms with Crippen molar-refractivity contribution in [1.82, 2.24) is 4.90 Å². The molecule has 0 N–H and O–H groups in total. The number of fused-ring (bicyclic) bond motifs is 5. The maximum Gasteiger partial charge on any atom is 0.222 e. The Balaban J connectivity index is 1.51. The number of hydrogen-bond donors (Lipinski definition) is 0. The number of carbonyl (C=O) groups is 1. The molecule has 1 saturated heterocycles. The van der Waals surface area contributed by atoms with Gasteiger partial charge in [0.15, 0.2) is 0 Å². The molecule has 0 radical (unpaired) electrons. The van der Waals surface area contributed by atoms with Crippen molar-refractivity contribution in [2.24, 2.45) is 34.5 Å². The molecule has 1 aromatic carbocycles. The van der Waals surface area contributed by atoms with Gasteiger partial charge in [-0.15, -0.1) is 0 Å². The van der Waals surface area contributed by atoms with E-state index < -0.39 is 0 Å². The summed E-state index contributed by atoms with van der Waals surface area (Å²) in [5.41, 5.74) is 5.36. The van der Waals surface area contributed by atoms with Gasteiger partial charge in [0.05, 0.1) is 0 Å². The molecule has 3 saturated carbocycles. The highest BCUT2D eigenvalue weighted by molar-refractivity contribution is 5.77. The summed E-state index contributed by atoms with van der Waals surface area (Å²) in [5, 5.41) is 0. The quantitative estimate of drug-likeness (QED) is 0.517. The summed E-state index contributed by atoms with van der Waals surface area (Å²) < 4.78 is 0. The summed E-state index contributed by atoms with van der Waals surface area (Å²) in [4.78, 5) is 14.5. The number of benzene rings is 1. The predicted octanol–water partition coefficient (Wildman–Crippen LogP) is 6.57. The van der Waals surface area contributed by atoms with Crippen molar-refractivity contribution < 1.29 is 4.79 Å². The van der Waals surface area contributed by atoms with Crippen LogP contribution in [-0.2, 0) is 4.79 Å². The lowest BCUT2D eigenvalue weighted by Gasteiger charge is -2.61. The van der Waals surface area contributed by atoms with Gasteiger partial charge in [0, 0.05) is 19.5 Å². The molecule has 30 heavy (non-hydrogen) atoms. The average Bonchev–Trinajstić information content (AvgIpc) is 3.01. The van der Waals surface area contributed by atoms with E-state index in [1.165, 1.54) is 43.2 Å². The van der Waals surface area contributed by atoms with Crippen LogP contribution in [0.25, 0.3) is 5.57 Å². The molecule has 0 spiro atoms. The zero-order valence-electron chi connectivity index (χ0n) is 19.6. The van der Waals surface area contributed by atoms with Crippen molar-refractivity contribution in [2.45, 2.75) is 78.7 Å². The van der Waals surface area contributed by atoms with Crippen LogP contribution >= 0.6 is 0 Å². The van der Waals surface area contributed by atoms with E-state index in [1.807, 2.05) is 0 Å². The van der Waals surface area contributed by atoms with Gasteiger partial charge >= 0.3 is 0 Å². The fourth-order valence-electron chi connectivity index (χ4n) is 8.94. The molecule has 4 fully saturated rings. The molecule has 1 unspecified atom stereocenters. The maximum atomic E-state index is 12.4. The van der Waals surface area contributed by atoms with Crippen molar-refractivity contribution in [1.29, 1.82) is 0 Å². The Hall–Kier alpha value is -1.57. The number of allylic oxidation sites excluding steroid dienone is 2. The first kappa shape index (κ1) is 20.3. The molecule has 162 valence electrons. The van der Waals surface area contributed by atoms with Gasteiger partial charge in [0.1, 0.15) is 0 Å². The Morgan fingerprint density at radius 2 is 1.77 bits per heavy atom. The number of piperidine rings is 1. The molecule has 1 heterocycles. The van der Waals surface area contributed by atoms with Crippen molar-refractivity contribution in [3.05, 3.63) is 41.5 Å². The van der Waals surface area contributed by atoms with Gasteiger partial charge < -0.3 is 4.90 Å². The highest BCUT2D eigenvalue weighted by Gasteiger charge is 2.61. The molecule has 0 bridgehead atoms. The summed E-state index contributed by atoms with van der Waals surface area (Å²) in [6.45, 7) is 10.00. The summed E-state index contributed by atoms with van der Waals surface area (Å²) in [7, 11) is 2.07. The molecule has 1 aromatic rings. The fourth-order valence-corrected chi connectivity index (χ4v) is 8.94. The van der Waals surface area contributed by atoms with Crippen molar-refractivity contribution in [2.75, 3.05) is 7.05 Å². The minimum Gasteiger partial charge on any atom is -0.342 e. The first-order valence-corrected chi connectivity index (χ1v) is 12.3. The highest BCUT2D eigenvalue weighted by atomic mass is 16.2. The Labute approximate surface area is 183 Å². The van der Waals surface area contributed by atoms with Gasteiger partial charge in [-0.3, -0.25) is 4.79 Å². The molecule has 1 amide bonds. The number of hydrogen-bond acceptors (Lipinski definition) is 1. The smallest absolute Gasteiger partial charge is 0.222 e. The van der Waals surface area contributed by atoms with E-state index in [0.29, 0.717) is 28.7 Å². The summed E-state index contributed by atoms with van der Waals surface area (Å²) in [6, 6.07) is 11.5. The van der Waals surface area contributed by atoms with Crippen LogP contribution < -0.4 is 0 Å². The van der Waals surface area contributed by atoms with Gasteiger partial charge in [-0.05, 0) is 91.1 Å². The molecule has 5 rings (SSSR count). The van der Waals surface area contributed by atoms with Gasteiger partial charge in [0.2, 0.25) is 5.91 Å². The van der Waals surface area contributed by atoms with E-state index in [1.54, 1.807) is 5.57 Å². The molecule has 7 atom stereocenters. The molecular weight excluding hydrogens is 366 g/mol. The van der Waals surface area contributed by atoms with Crippen LogP contribution in [0.3, 0.4) is 0 Å². The summed E-state index contributed by atoms with van der Waals surface area (Å²) >= 11 is 0. The number of likely N-dealkylation sites (tertiary alicyclic amines) is 1. The van der Waals surface area contributed by atoms with E-state index in [2.05, 4.69) is 70.0 Å². The first-order chi connectivity index (χ1) is 14.3. The Bertz CT molecular complexity index is 872. The summed E-state index contributed by atoms with van der Waals surface area (Å²) in [6.07, 6.45) is 8.39. The zero-order valence-corrected chi connectivity index (χ0v) is 19.6. The van der Waals surface area contributed by atoms with Gasteiger partial charge in [0.25, 0.3) is 0 Å². The fraction of sp³-hybridized carbons (Fsp3) is 0.679. The largest absolute Gasteiger partial charge is 0.342 e. The minimum absolute atomic E-state index is 0.317. The lowest BCUT2D eigenvalue weighted by atomic mass is 9.47. The standard InChI is InChI=1S/C28H39NO/c1-18-17-23-21-11-12-24-27(3,16-14-25(30)29(24)5)22(21)13-15-28(23,4)26(18)19(2)20-9-7-6-8-10-20/h6-10,18,21-24H,11-17H2,1-5H3/b26-19+/t18?,21-,22+,23+,24-,27-,28+/m1/s1. The maximum absolute atomic E-state index is 12.4. The average molecular weight is 406 g/mol. The van der Waals surface area contributed by atoms with E-state index in [4.69, 9.17) is 0 Å². The second-order valence-corrected chi connectivity index (χ2v) is 11.5. The van der Waals surface area contributed by atoms with E-state index >= 15 is 0 Å². The number of amides is 1. The SMILES string of the molecule is C/C(=C1/C(C)C[C@H]2[C@@H]3CC[C@H]4N(C)C(=O)CC[C@]4(C)[C@H]3CC[C@]12C)c1ccccc1. The third-order valence-electron chi connectivity index (χ3n) is 10.3. The normalized spacial score (nSPS) is 44.9. The molecule has 2 heteroatoms. The third kappa shape index (κ3) is 2.71. The van der Waals surface area contributed by atoms with Crippen LogP contribution in [0.4, 0.5) is 0 Å². The first-order valence-electron chi connectivity index (χ1n) is 12.3. The molecule has 3 aliphatic carbocycles. The molecule has 1 aliphatic heterocycles. The van der Waals surface area contributed by atoms with Crippen LogP contribution in [0.1, 0.15) is 78.2 Å². The van der Waals surface area contributed by atoms with Crippen LogP contribution in [-0.4, -0.2) is 23.9 Å². The van der Waals surface area contributed by atoms with Gasteiger partial charge in [-0.25, -0.2) is 0 Å².